The third-order valence-electron chi connectivity index (χ3n) is 3.37. The van der Waals surface area contributed by atoms with Crippen LogP contribution >= 0.6 is 0 Å². The van der Waals surface area contributed by atoms with Crippen molar-refractivity contribution in [1.29, 1.82) is 0 Å². The average Bonchev–Trinajstić information content (AvgIpc) is 3.06. The molecule has 0 aliphatic heterocycles. The maximum absolute atomic E-state index is 13.5. The first-order chi connectivity index (χ1) is 10.5. The predicted octanol–water partition coefficient (Wildman–Crippen LogP) is 3.22. The lowest BCUT2D eigenvalue weighted by atomic mass is 10.3. The highest BCUT2D eigenvalue weighted by Crippen LogP contribution is 2.22. The van der Waals surface area contributed by atoms with Gasteiger partial charge in [0.25, 0.3) is 0 Å². The molecule has 0 atom stereocenters. The first kappa shape index (κ1) is 14.2. The number of carboxylic acid groups (broad SMARTS) is 1. The highest BCUT2D eigenvalue weighted by Gasteiger charge is 2.16. The Morgan fingerprint density at radius 3 is 2.68 bits per heavy atom. The summed E-state index contributed by atoms with van der Waals surface area (Å²) < 4.78 is 33.7. The number of carboxylic acids is 1. The minimum atomic E-state index is -1.16. The van der Waals surface area contributed by atoms with Gasteiger partial charge in [-0.3, -0.25) is 0 Å². The molecule has 5 nitrogen and oxygen atoms in total. The van der Waals surface area contributed by atoms with Crippen molar-refractivity contribution in [2.45, 2.75) is 19.9 Å². The van der Waals surface area contributed by atoms with Gasteiger partial charge in [-0.2, -0.15) is 0 Å². The minimum absolute atomic E-state index is 0.172. The zero-order chi connectivity index (χ0) is 15.9. The Balaban J connectivity index is 2.08. The molecule has 0 aliphatic carbocycles. The Kier molecular flexibility index (Phi) is 3.40. The van der Waals surface area contributed by atoms with E-state index in [1.54, 1.807) is 4.57 Å². The Labute approximate surface area is 123 Å². The molecule has 0 fully saturated rings. The van der Waals surface area contributed by atoms with Gasteiger partial charge < -0.3 is 14.1 Å². The molecule has 2 aromatic heterocycles. The van der Waals surface area contributed by atoms with Crippen LogP contribution in [0.1, 0.15) is 29.1 Å². The second kappa shape index (κ2) is 5.25. The van der Waals surface area contributed by atoms with E-state index in [2.05, 4.69) is 4.98 Å². The summed E-state index contributed by atoms with van der Waals surface area (Å²) in [5.41, 5.74) is 0.782. The summed E-state index contributed by atoms with van der Waals surface area (Å²) in [6.45, 7) is 2.06. The number of nitrogens with zero attached hydrogens (tertiary/aromatic N) is 2. The summed E-state index contributed by atoms with van der Waals surface area (Å²) in [6, 6.07) is 5.01. The van der Waals surface area contributed by atoms with E-state index in [-0.39, 0.29) is 12.3 Å². The second-order valence-corrected chi connectivity index (χ2v) is 4.79. The van der Waals surface area contributed by atoms with E-state index in [4.69, 9.17) is 9.52 Å². The second-order valence-electron chi connectivity index (χ2n) is 4.79. The maximum Gasteiger partial charge on any atom is 0.371 e. The minimum Gasteiger partial charge on any atom is -0.475 e. The number of aromatic carboxylic acids is 1. The third-order valence-corrected chi connectivity index (χ3v) is 3.37. The predicted molar refractivity (Wildman–Crippen MR) is 73.8 cm³/mol. The molecule has 3 aromatic rings. The molecule has 3 rings (SSSR count). The monoisotopic (exact) mass is 306 g/mol. The largest absolute Gasteiger partial charge is 0.475 e. The molecule has 0 unspecified atom stereocenters. The number of carbonyl (C=O) groups is 1. The van der Waals surface area contributed by atoms with Crippen LogP contribution in [-0.4, -0.2) is 20.6 Å². The van der Waals surface area contributed by atoms with E-state index in [9.17, 15) is 13.6 Å². The van der Waals surface area contributed by atoms with Crippen molar-refractivity contribution in [2.75, 3.05) is 0 Å². The normalized spacial score (nSPS) is 11.2. The van der Waals surface area contributed by atoms with Crippen LogP contribution in [0.15, 0.2) is 28.7 Å². The number of imidazole rings is 1. The van der Waals surface area contributed by atoms with Crippen LogP contribution in [-0.2, 0) is 13.0 Å². The van der Waals surface area contributed by atoms with E-state index < -0.39 is 17.6 Å². The lowest BCUT2D eigenvalue weighted by molar-refractivity contribution is 0.0660. The van der Waals surface area contributed by atoms with Gasteiger partial charge in [-0.1, -0.05) is 6.92 Å². The van der Waals surface area contributed by atoms with Gasteiger partial charge in [-0.05, 0) is 12.1 Å². The van der Waals surface area contributed by atoms with Gasteiger partial charge in [-0.15, -0.1) is 0 Å². The van der Waals surface area contributed by atoms with Crippen molar-refractivity contribution >= 4 is 17.0 Å². The smallest absolute Gasteiger partial charge is 0.371 e. The quantitative estimate of drug-likeness (QED) is 0.803. The van der Waals surface area contributed by atoms with Crippen molar-refractivity contribution in [3.8, 4) is 0 Å². The number of rotatable bonds is 4. The van der Waals surface area contributed by atoms with Crippen molar-refractivity contribution in [2.24, 2.45) is 0 Å². The molecule has 0 saturated carbocycles. The number of hydrogen-bond acceptors (Lipinski definition) is 3. The number of benzene rings is 1. The highest BCUT2D eigenvalue weighted by molar-refractivity contribution is 5.84. The van der Waals surface area contributed by atoms with E-state index in [0.29, 0.717) is 29.0 Å². The number of fused-ring (bicyclic) bond motifs is 1. The van der Waals surface area contributed by atoms with Gasteiger partial charge >= 0.3 is 5.97 Å². The maximum atomic E-state index is 13.5. The zero-order valence-corrected chi connectivity index (χ0v) is 11.6. The van der Waals surface area contributed by atoms with Crippen LogP contribution in [0.5, 0.6) is 0 Å². The highest BCUT2D eigenvalue weighted by atomic mass is 19.2. The van der Waals surface area contributed by atoms with Crippen molar-refractivity contribution in [3.63, 3.8) is 0 Å². The molecule has 0 aliphatic rings. The Hall–Kier alpha value is -2.70. The van der Waals surface area contributed by atoms with Crippen molar-refractivity contribution < 1.29 is 23.1 Å². The van der Waals surface area contributed by atoms with E-state index in [1.165, 1.54) is 12.1 Å². The van der Waals surface area contributed by atoms with Crippen LogP contribution in [0.2, 0.25) is 0 Å². The molecule has 1 aromatic carbocycles. The molecular weight excluding hydrogens is 294 g/mol. The summed E-state index contributed by atoms with van der Waals surface area (Å²) in [6.07, 6.45) is 0.560. The molecule has 2 heterocycles. The lowest BCUT2D eigenvalue weighted by Crippen LogP contribution is -2.04. The number of hydrogen-bond donors (Lipinski definition) is 1. The van der Waals surface area contributed by atoms with Crippen LogP contribution in [0.3, 0.4) is 0 Å². The summed E-state index contributed by atoms with van der Waals surface area (Å²) in [4.78, 5) is 15.1. The molecule has 7 heteroatoms. The first-order valence-electron chi connectivity index (χ1n) is 6.65. The molecule has 0 spiro atoms. The fraction of sp³-hybridized carbons (Fsp3) is 0.200. The van der Waals surface area contributed by atoms with Gasteiger partial charge in [0.05, 0.1) is 17.6 Å². The average molecular weight is 306 g/mol. The van der Waals surface area contributed by atoms with E-state index in [1.807, 2.05) is 6.92 Å². The number of aryl methyl sites for hydroxylation is 1. The summed E-state index contributed by atoms with van der Waals surface area (Å²) in [7, 11) is 0. The SMILES string of the molecule is CCc1nc2cc(F)c(F)cc2n1Cc1ccc(C(=O)O)o1. The molecule has 0 saturated heterocycles. The van der Waals surface area contributed by atoms with Crippen LogP contribution < -0.4 is 0 Å². The zero-order valence-electron chi connectivity index (χ0n) is 11.6. The molecule has 22 heavy (non-hydrogen) atoms. The van der Waals surface area contributed by atoms with Crippen molar-refractivity contribution in [3.05, 3.63) is 53.2 Å². The number of aromatic nitrogens is 2. The van der Waals surface area contributed by atoms with E-state index in [0.717, 1.165) is 12.1 Å². The Bertz CT molecular complexity index is 867. The van der Waals surface area contributed by atoms with Crippen LogP contribution in [0, 0.1) is 11.6 Å². The summed E-state index contributed by atoms with van der Waals surface area (Å²) in [5, 5.41) is 8.86. The summed E-state index contributed by atoms with van der Waals surface area (Å²) in [5.74, 6) is -2.21. The van der Waals surface area contributed by atoms with Crippen LogP contribution in [0.4, 0.5) is 8.78 Å². The Morgan fingerprint density at radius 1 is 1.32 bits per heavy atom. The van der Waals surface area contributed by atoms with Gasteiger partial charge in [-0.25, -0.2) is 18.6 Å². The molecule has 114 valence electrons. The molecular formula is C15H12F2N2O3. The molecule has 0 bridgehead atoms. The standard InChI is InChI=1S/C15H12F2N2O3/c1-2-14-18-11-5-9(16)10(17)6-12(11)19(14)7-8-3-4-13(22-8)15(20)21/h3-6H,2,7H2,1H3,(H,20,21). The third kappa shape index (κ3) is 2.34. The fourth-order valence-electron chi connectivity index (χ4n) is 2.35. The summed E-state index contributed by atoms with van der Waals surface area (Å²) >= 11 is 0. The van der Waals surface area contributed by atoms with Crippen LogP contribution in [0.25, 0.3) is 11.0 Å². The van der Waals surface area contributed by atoms with Gasteiger partial charge in [0.2, 0.25) is 5.76 Å². The van der Waals surface area contributed by atoms with Crippen molar-refractivity contribution in [1.82, 2.24) is 9.55 Å². The van der Waals surface area contributed by atoms with Gasteiger partial charge in [0, 0.05) is 18.6 Å². The van der Waals surface area contributed by atoms with E-state index >= 15 is 0 Å². The molecule has 1 N–H and O–H groups in total. The first-order valence-corrected chi connectivity index (χ1v) is 6.65. The number of halogens is 2. The van der Waals surface area contributed by atoms with Gasteiger partial charge in [0.15, 0.2) is 11.6 Å². The topological polar surface area (TPSA) is 68.3 Å². The fourth-order valence-corrected chi connectivity index (χ4v) is 2.35. The van der Waals surface area contributed by atoms with Gasteiger partial charge in [0.1, 0.15) is 11.6 Å². The lowest BCUT2D eigenvalue weighted by Gasteiger charge is -2.06. The molecule has 0 amide bonds. The Morgan fingerprint density at radius 2 is 2.05 bits per heavy atom. The number of furan rings is 1. The molecule has 0 radical (unpaired) electrons.